The number of aromatic nitrogens is 2. The van der Waals surface area contributed by atoms with Gasteiger partial charge < -0.3 is 14.8 Å². The highest BCUT2D eigenvalue weighted by Crippen LogP contribution is 2.34. The molecule has 5 nitrogen and oxygen atoms in total. The first-order chi connectivity index (χ1) is 12.7. The molecule has 0 fully saturated rings. The highest BCUT2D eigenvalue weighted by molar-refractivity contribution is 9.09. The Kier molecular flexibility index (Phi) is 6.28. The number of anilines is 1. The van der Waals surface area contributed by atoms with Gasteiger partial charge in [-0.2, -0.15) is 0 Å². The molecule has 0 saturated carbocycles. The minimum absolute atomic E-state index is 0.120. The third kappa shape index (κ3) is 4.25. The van der Waals surface area contributed by atoms with Crippen LogP contribution in [0.3, 0.4) is 0 Å². The summed E-state index contributed by atoms with van der Waals surface area (Å²) in [5, 5.41) is 5.28. The highest BCUT2D eigenvalue weighted by Gasteiger charge is 2.13. The fraction of sp³-hybridized carbons (Fsp3) is 0.300. The lowest BCUT2D eigenvalue weighted by atomic mass is 10.1. The largest absolute Gasteiger partial charge is 0.493 e. The van der Waals surface area contributed by atoms with Crippen LogP contribution < -0.4 is 14.8 Å². The maximum Gasteiger partial charge on any atom is 0.162 e. The molecule has 3 aromatic rings. The van der Waals surface area contributed by atoms with Gasteiger partial charge in [-0.1, -0.05) is 46.3 Å². The Bertz CT molecular complexity index is 858. The SMILES string of the molecule is COc1cc2ncnc(N[C@H](C)c3ccccc3)c2cc1OCCCBr. The van der Waals surface area contributed by atoms with Crippen molar-refractivity contribution in [3.05, 3.63) is 54.4 Å². The van der Waals surface area contributed by atoms with Gasteiger partial charge in [-0.3, -0.25) is 0 Å². The molecule has 0 spiro atoms. The van der Waals surface area contributed by atoms with E-state index >= 15 is 0 Å². The van der Waals surface area contributed by atoms with Crippen LogP contribution >= 0.6 is 15.9 Å². The number of methoxy groups -OCH3 is 1. The average Bonchev–Trinajstić information content (AvgIpc) is 2.68. The maximum absolute atomic E-state index is 5.88. The molecule has 1 aromatic heterocycles. The summed E-state index contributed by atoms with van der Waals surface area (Å²) in [6.07, 6.45) is 2.48. The summed E-state index contributed by atoms with van der Waals surface area (Å²) >= 11 is 3.42. The molecule has 1 heterocycles. The maximum atomic E-state index is 5.88. The summed E-state index contributed by atoms with van der Waals surface area (Å²) in [5.41, 5.74) is 2.01. The number of nitrogens with zero attached hydrogens (tertiary/aromatic N) is 2. The zero-order valence-corrected chi connectivity index (χ0v) is 16.5. The van der Waals surface area contributed by atoms with Crippen molar-refractivity contribution in [2.45, 2.75) is 19.4 Å². The summed E-state index contributed by atoms with van der Waals surface area (Å²) in [6.45, 7) is 2.73. The molecule has 0 saturated heterocycles. The number of alkyl halides is 1. The van der Waals surface area contributed by atoms with Crippen molar-refractivity contribution in [3.63, 3.8) is 0 Å². The van der Waals surface area contributed by atoms with Gasteiger partial charge in [0.15, 0.2) is 11.5 Å². The van der Waals surface area contributed by atoms with Gasteiger partial charge in [0.2, 0.25) is 0 Å². The zero-order chi connectivity index (χ0) is 18.4. The Morgan fingerprint density at radius 1 is 1.12 bits per heavy atom. The molecule has 3 rings (SSSR count). The van der Waals surface area contributed by atoms with Crippen molar-refractivity contribution in [1.82, 2.24) is 9.97 Å². The van der Waals surface area contributed by atoms with Crippen molar-refractivity contribution in [2.75, 3.05) is 24.4 Å². The van der Waals surface area contributed by atoms with Gasteiger partial charge in [0.05, 0.1) is 19.2 Å². The molecular formula is C20H22BrN3O2. The molecule has 0 bridgehead atoms. The molecule has 0 amide bonds. The quantitative estimate of drug-likeness (QED) is 0.415. The number of nitrogens with one attached hydrogen (secondary N) is 1. The Balaban J connectivity index is 1.93. The molecule has 0 aliphatic carbocycles. The van der Waals surface area contributed by atoms with E-state index in [1.54, 1.807) is 13.4 Å². The van der Waals surface area contributed by atoms with Crippen LogP contribution in [-0.4, -0.2) is 29.0 Å². The third-order valence-corrected chi connectivity index (χ3v) is 4.67. The summed E-state index contributed by atoms with van der Waals surface area (Å²) in [6, 6.07) is 14.2. The molecule has 26 heavy (non-hydrogen) atoms. The lowest BCUT2D eigenvalue weighted by molar-refractivity contribution is 0.296. The molecule has 0 aliphatic rings. The van der Waals surface area contributed by atoms with Gasteiger partial charge in [0, 0.05) is 22.8 Å². The fourth-order valence-electron chi connectivity index (χ4n) is 2.72. The van der Waals surface area contributed by atoms with Crippen LogP contribution in [0, 0.1) is 0 Å². The molecule has 0 aliphatic heterocycles. The van der Waals surface area contributed by atoms with Gasteiger partial charge >= 0.3 is 0 Å². The van der Waals surface area contributed by atoms with Crippen LogP contribution in [0.5, 0.6) is 11.5 Å². The first-order valence-corrected chi connectivity index (χ1v) is 9.68. The van der Waals surface area contributed by atoms with Crippen molar-refractivity contribution in [3.8, 4) is 11.5 Å². The van der Waals surface area contributed by atoms with E-state index in [0.717, 1.165) is 28.5 Å². The van der Waals surface area contributed by atoms with Crippen LogP contribution in [-0.2, 0) is 0 Å². The van der Waals surface area contributed by atoms with E-state index in [4.69, 9.17) is 9.47 Å². The Morgan fingerprint density at radius 3 is 2.65 bits per heavy atom. The van der Waals surface area contributed by atoms with Gasteiger partial charge in [0.1, 0.15) is 12.1 Å². The van der Waals surface area contributed by atoms with E-state index in [2.05, 4.69) is 50.3 Å². The summed E-state index contributed by atoms with van der Waals surface area (Å²) in [7, 11) is 1.64. The normalized spacial score (nSPS) is 12.0. The standard InChI is InChI=1S/C20H22BrN3O2/c1-14(15-7-4-3-5-8-15)24-20-16-11-19(26-10-6-9-21)18(25-2)12-17(16)22-13-23-20/h3-5,7-8,11-14H,6,9-10H2,1-2H3,(H,22,23,24)/t14-/m1/s1. The number of hydrogen-bond acceptors (Lipinski definition) is 5. The number of benzene rings is 2. The van der Waals surface area contributed by atoms with Gasteiger partial charge in [-0.25, -0.2) is 9.97 Å². The smallest absolute Gasteiger partial charge is 0.162 e. The summed E-state index contributed by atoms with van der Waals surface area (Å²) < 4.78 is 11.3. The second-order valence-corrected chi connectivity index (χ2v) is 6.70. The molecule has 0 radical (unpaired) electrons. The fourth-order valence-corrected chi connectivity index (χ4v) is 2.95. The Morgan fingerprint density at radius 2 is 1.92 bits per heavy atom. The lowest BCUT2D eigenvalue weighted by Crippen LogP contribution is -2.08. The summed E-state index contributed by atoms with van der Waals surface area (Å²) in [4.78, 5) is 8.81. The van der Waals surface area contributed by atoms with E-state index in [1.165, 1.54) is 5.56 Å². The molecule has 6 heteroatoms. The molecule has 136 valence electrons. The number of hydrogen-bond donors (Lipinski definition) is 1. The first kappa shape index (κ1) is 18.5. The second kappa shape index (κ2) is 8.85. The van der Waals surface area contributed by atoms with Gasteiger partial charge in [0.25, 0.3) is 0 Å². The topological polar surface area (TPSA) is 56.3 Å². The van der Waals surface area contributed by atoms with E-state index < -0.39 is 0 Å². The predicted molar refractivity (Wildman–Crippen MR) is 108 cm³/mol. The van der Waals surface area contributed by atoms with Crippen molar-refractivity contribution in [2.24, 2.45) is 0 Å². The molecule has 1 atom stereocenters. The van der Waals surface area contributed by atoms with E-state index in [0.29, 0.717) is 18.1 Å². The highest BCUT2D eigenvalue weighted by atomic mass is 79.9. The van der Waals surface area contributed by atoms with Gasteiger partial charge in [-0.15, -0.1) is 0 Å². The Labute approximate surface area is 161 Å². The molecular weight excluding hydrogens is 394 g/mol. The Hall–Kier alpha value is -2.34. The van der Waals surface area contributed by atoms with Crippen molar-refractivity contribution >= 4 is 32.7 Å². The number of fused-ring (bicyclic) bond motifs is 1. The predicted octanol–water partition coefficient (Wildman–Crippen LogP) is 4.98. The van der Waals surface area contributed by atoms with E-state index in [-0.39, 0.29) is 6.04 Å². The molecule has 1 N–H and O–H groups in total. The molecule has 2 aromatic carbocycles. The third-order valence-electron chi connectivity index (χ3n) is 4.11. The van der Waals surface area contributed by atoms with E-state index in [1.807, 2.05) is 30.3 Å². The minimum atomic E-state index is 0.120. The summed E-state index contributed by atoms with van der Waals surface area (Å²) in [5.74, 6) is 2.15. The minimum Gasteiger partial charge on any atom is -0.493 e. The average molecular weight is 416 g/mol. The monoisotopic (exact) mass is 415 g/mol. The van der Waals surface area contributed by atoms with Crippen molar-refractivity contribution in [1.29, 1.82) is 0 Å². The zero-order valence-electron chi connectivity index (χ0n) is 14.9. The van der Waals surface area contributed by atoms with Gasteiger partial charge in [-0.05, 0) is 25.0 Å². The van der Waals surface area contributed by atoms with Crippen LogP contribution in [0.2, 0.25) is 0 Å². The number of halogens is 1. The van der Waals surface area contributed by atoms with Crippen LogP contribution in [0.15, 0.2) is 48.8 Å². The number of ether oxygens (including phenoxy) is 2. The van der Waals surface area contributed by atoms with Crippen LogP contribution in [0.1, 0.15) is 24.9 Å². The molecule has 0 unspecified atom stereocenters. The number of rotatable bonds is 8. The lowest BCUT2D eigenvalue weighted by Gasteiger charge is -2.17. The van der Waals surface area contributed by atoms with Crippen molar-refractivity contribution < 1.29 is 9.47 Å². The van der Waals surface area contributed by atoms with Crippen LogP contribution in [0.4, 0.5) is 5.82 Å². The second-order valence-electron chi connectivity index (χ2n) is 5.91. The first-order valence-electron chi connectivity index (χ1n) is 8.56. The van der Waals surface area contributed by atoms with Crippen LogP contribution in [0.25, 0.3) is 10.9 Å². The van der Waals surface area contributed by atoms with E-state index in [9.17, 15) is 0 Å².